The Labute approximate surface area is 110 Å². The molecule has 0 saturated carbocycles. The summed E-state index contributed by atoms with van der Waals surface area (Å²) in [6.45, 7) is 0.522. The van der Waals surface area contributed by atoms with Gasteiger partial charge in [-0.2, -0.15) is 5.10 Å². The molecule has 0 radical (unpaired) electrons. The van der Waals surface area contributed by atoms with Crippen molar-refractivity contribution in [3.63, 3.8) is 0 Å². The Balaban J connectivity index is 1.80. The number of hydrogen-bond donors (Lipinski definition) is 3. The van der Waals surface area contributed by atoms with Gasteiger partial charge in [-0.3, -0.25) is 9.78 Å². The molecule has 0 unspecified atom stereocenters. The van der Waals surface area contributed by atoms with Gasteiger partial charge in [0.05, 0.1) is 19.5 Å². The highest BCUT2D eigenvalue weighted by Gasteiger charge is 2.10. The number of ether oxygens (including phenoxy) is 1. The van der Waals surface area contributed by atoms with E-state index in [1.165, 1.54) is 7.11 Å². The molecule has 0 fully saturated rings. The van der Waals surface area contributed by atoms with Gasteiger partial charge in [0.2, 0.25) is 0 Å². The summed E-state index contributed by atoms with van der Waals surface area (Å²) < 4.78 is 6.61. The first-order valence-corrected chi connectivity index (χ1v) is 5.79. The number of aryl methyl sites for hydroxylation is 1. The first-order chi connectivity index (χ1) is 9.19. The predicted molar refractivity (Wildman–Crippen MR) is 69.1 cm³/mol. The molecular formula is C11H16N6O2. The maximum atomic E-state index is 11.7. The Bertz CT molecular complexity index is 533. The number of amides is 2. The van der Waals surface area contributed by atoms with Crippen LogP contribution in [0, 0.1) is 0 Å². The van der Waals surface area contributed by atoms with Crippen LogP contribution in [-0.4, -0.2) is 39.7 Å². The van der Waals surface area contributed by atoms with E-state index in [0.29, 0.717) is 24.5 Å². The number of anilines is 1. The second kappa shape index (κ2) is 5.89. The van der Waals surface area contributed by atoms with Crippen LogP contribution in [0.1, 0.15) is 5.56 Å². The third kappa shape index (κ3) is 3.47. The minimum Gasteiger partial charge on any atom is -0.478 e. The molecule has 0 bridgehead atoms. The number of methoxy groups -OCH3 is 1. The van der Waals surface area contributed by atoms with Gasteiger partial charge in [0.25, 0.3) is 5.88 Å². The van der Waals surface area contributed by atoms with Gasteiger partial charge in [0.1, 0.15) is 5.69 Å². The summed E-state index contributed by atoms with van der Waals surface area (Å²) in [5.41, 5.74) is 1.57. The first-order valence-electron chi connectivity index (χ1n) is 5.79. The summed E-state index contributed by atoms with van der Waals surface area (Å²) in [7, 11) is 3.26. The lowest BCUT2D eigenvalue weighted by molar-refractivity contribution is 0.252. The zero-order valence-electron chi connectivity index (χ0n) is 10.8. The van der Waals surface area contributed by atoms with E-state index in [9.17, 15) is 4.79 Å². The third-order valence-electron chi connectivity index (χ3n) is 2.49. The highest BCUT2D eigenvalue weighted by Crippen LogP contribution is 2.20. The van der Waals surface area contributed by atoms with Crippen molar-refractivity contribution in [2.75, 3.05) is 19.0 Å². The fourth-order valence-corrected chi connectivity index (χ4v) is 1.61. The molecule has 0 aliphatic carbocycles. The van der Waals surface area contributed by atoms with E-state index < -0.39 is 0 Å². The molecular weight excluding hydrogens is 248 g/mol. The Hall–Kier alpha value is -2.51. The number of H-pyrrole nitrogens is 1. The van der Waals surface area contributed by atoms with Gasteiger partial charge >= 0.3 is 6.03 Å². The average Bonchev–Trinajstić information content (AvgIpc) is 2.99. The van der Waals surface area contributed by atoms with Crippen molar-refractivity contribution in [1.82, 2.24) is 25.3 Å². The summed E-state index contributed by atoms with van der Waals surface area (Å²) in [5.74, 6) is 0.382. The molecule has 8 nitrogen and oxygen atoms in total. The van der Waals surface area contributed by atoms with Crippen molar-refractivity contribution in [2.24, 2.45) is 7.05 Å². The Morgan fingerprint density at radius 1 is 1.58 bits per heavy atom. The van der Waals surface area contributed by atoms with E-state index in [2.05, 4.69) is 25.9 Å². The second-order valence-electron chi connectivity index (χ2n) is 3.96. The van der Waals surface area contributed by atoms with Gasteiger partial charge in [-0.15, -0.1) is 5.10 Å². The number of nitrogens with one attached hydrogen (secondary N) is 3. The van der Waals surface area contributed by atoms with Crippen molar-refractivity contribution in [3.8, 4) is 5.88 Å². The number of nitrogens with zero attached hydrogens (tertiary/aromatic N) is 3. The summed E-state index contributed by atoms with van der Waals surface area (Å²) in [6, 6.07) is -0.296. The number of urea groups is 1. The molecule has 2 amide bonds. The van der Waals surface area contributed by atoms with Crippen LogP contribution in [0.25, 0.3) is 0 Å². The zero-order chi connectivity index (χ0) is 13.7. The van der Waals surface area contributed by atoms with Crippen LogP contribution in [-0.2, 0) is 13.5 Å². The van der Waals surface area contributed by atoms with Crippen LogP contribution < -0.4 is 15.4 Å². The number of carbonyl (C=O) groups excluding carboxylic acids is 1. The zero-order valence-corrected chi connectivity index (χ0v) is 10.8. The number of aromatic nitrogens is 4. The quantitative estimate of drug-likeness (QED) is 0.733. The summed E-state index contributed by atoms with van der Waals surface area (Å²) in [6.07, 6.45) is 5.91. The molecule has 2 aromatic heterocycles. The minimum atomic E-state index is -0.296. The highest BCUT2D eigenvalue weighted by molar-refractivity contribution is 5.90. The van der Waals surface area contributed by atoms with Crippen molar-refractivity contribution in [2.45, 2.75) is 6.42 Å². The number of rotatable bonds is 5. The molecule has 2 rings (SSSR count). The SMILES string of the molecule is COc1nn(C)cc1NC(=O)NCCc1cn[nH]c1. The molecule has 0 atom stereocenters. The molecule has 0 aromatic carbocycles. The van der Waals surface area contributed by atoms with Gasteiger partial charge in [0.15, 0.2) is 0 Å². The van der Waals surface area contributed by atoms with E-state index in [-0.39, 0.29) is 6.03 Å². The topological polar surface area (TPSA) is 96.9 Å². The largest absolute Gasteiger partial charge is 0.478 e. The van der Waals surface area contributed by atoms with Gasteiger partial charge < -0.3 is 15.4 Å². The predicted octanol–water partition coefficient (Wildman–Crippen LogP) is 0.516. The molecule has 2 heterocycles. The first kappa shape index (κ1) is 12.9. The van der Waals surface area contributed by atoms with Crippen LogP contribution in [0.2, 0.25) is 0 Å². The standard InChI is InChI=1S/C11H16N6O2/c1-17-7-9(10(16-17)19-2)15-11(18)12-4-3-8-5-13-14-6-8/h5-7H,3-4H2,1-2H3,(H,13,14)(H2,12,15,18). The Morgan fingerprint density at radius 2 is 2.42 bits per heavy atom. The van der Waals surface area contributed by atoms with Crippen LogP contribution in [0.15, 0.2) is 18.6 Å². The average molecular weight is 264 g/mol. The molecule has 8 heteroatoms. The van der Waals surface area contributed by atoms with Crippen LogP contribution in [0.3, 0.4) is 0 Å². The van der Waals surface area contributed by atoms with Crippen LogP contribution in [0.4, 0.5) is 10.5 Å². The monoisotopic (exact) mass is 264 g/mol. The lowest BCUT2D eigenvalue weighted by atomic mass is 10.2. The number of aromatic amines is 1. The molecule has 19 heavy (non-hydrogen) atoms. The van der Waals surface area contributed by atoms with E-state index >= 15 is 0 Å². The lowest BCUT2D eigenvalue weighted by Gasteiger charge is -2.06. The molecule has 0 aliphatic heterocycles. The van der Waals surface area contributed by atoms with Gasteiger partial charge in [0, 0.05) is 19.8 Å². The maximum Gasteiger partial charge on any atom is 0.319 e. The van der Waals surface area contributed by atoms with E-state index in [1.807, 2.05) is 0 Å². The van der Waals surface area contributed by atoms with Crippen LogP contribution >= 0.6 is 0 Å². The maximum absolute atomic E-state index is 11.7. The van der Waals surface area contributed by atoms with Crippen molar-refractivity contribution in [1.29, 1.82) is 0 Å². The lowest BCUT2D eigenvalue weighted by Crippen LogP contribution is -2.30. The van der Waals surface area contributed by atoms with Crippen molar-refractivity contribution >= 4 is 11.7 Å². The molecule has 102 valence electrons. The summed E-state index contributed by atoms with van der Waals surface area (Å²) in [5, 5.41) is 16.0. The summed E-state index contributed by atoms with van der Waals surface area (Å²) in [4.78, 5) is 11.7. The molecule has 2 aromatic rings. The van der Waals surface area contributed by atoms with Gasteiger partial charge in [-0.1, -0.05) is 0 Å². The van der Waals surface area contributed by atoms with Gasteiger partial charge in [-0.25, -0.2) is 4.79 Å². The normalized spacial score (nSPS) is 10.2. The van der Waals surface area contributed by atoms with Crippen molar-refractivity contribution in [3.05, 3.63) is 24.2 Å². The fraction of sp³-hybridized carbons (Fsp3) is 0.364. The molecule has 0 spiro atoms. The molecule has 0 saturated heterocycles. The van der Waals surface area contributed by atoms with E-state index in [1.54, 1.807) is 30.3 Å². The number of hydrogen-bond acceptors (Lipinski definition) is 4. The second-order valence-corrected chi connectivity index (χ2v) is 3.96. The third-order valence-corrected chi connectivity index (χ3v) is 2.49. The minimum absolute atomic E-state index is 0.296. The number of carbonyl (C=O) groups is 1. The van der Waals surface area contributed by atoms with Crippen LogP contribution in [0.5, 0.6) is 5.88 Å². The summed E-state index contributed by atoms with van der Waals surface area (Å²) >= 11 is 0. The smallest absolute Gasteiger partial charge is 0.319 e. The Morgan fingerprint density at radius 3 is 3.11 bits per heavy atom. The van der Waals surface area contributed by atoms with Gasteiger partial charge in [-0.05, 0) is 12.0 Å². The Kier molecular flexibility index (Phi) is 4.01. The van der Waals surface area contributed by atoms with E-state index in [0.717, 1.165) is 5.56 Å². The van der Waals surface area contributed by atoms with Crippen molar-refractivity contribution < 1.29 is 9.53 Å². The fourth-order valence-electron chi connectivity index (χ4n) is 1.61. The molecule has 3 N–H and O–H groups in total. The highest BCUT2D eigenvalue weighted by atomic mass is 16.5. The van der Waals surface area contributed by atoms with E-state index in [4.69, 9.17) is 4.74 Å². The molecule has 0 aliphatic rings.